The first-order valence-corrected chi connectivity index (χ1v) is 12.3. The number of urea groups is 1. The largest absolute Gasteiger partial charge is 0.497 e. The molecule has 6 nitrogen and oxygen atoms in total. The number of anilines is 2. The molecule has 174 valence electrons. The van der Waals surface area contributed by atoms with E-state index in [0.717, 1.165) is 22.4 Å². The van der Waals surface area contributed by atoms with Gasteiger partial charge in [0.15, 0.2) is 4.87 Å². The van der Waals surface area contributed by atoms with E-state index in [0.29, 0.717) is 35.3 Å². The number of rotatable bonds is 4. The number of nitrogens with one attached hydrogen (secondary N) is 1. The van der Waals surface area contributed by atoms with Crippen molar-refractivity contribution in [3.63, 3.8) is 0 Å². The van der Waals surface area contributed by atoms with Crippen LogP contribution in [0.2, 0.25) is 5.02 Å². The molecular formula is C26H24ClN3O3S. The van der Waals surface area contributed by atoms with Crippen molar-refractivity contribution in [1.82, 2.24) is 4.90 Å². The van der Waals surface area contributed by atoms with E-state index in [2.05, 4.69) is 5.32 Å². The van der Waals surface area contributed by atoms with Gasteiger partial charge in [0.2, 0.25) is 0 Å². The Labute approximate surface area is 207 Å². The minimum Gasteiger partial charge on any atom is -0.497 e. The van der Waals surface area contributed by atoms with E-state index in [1.807, 2.05) is 49.4 Å². The lowest BCUT2D eigenvalue weighted by Crippen LogP contribution is -2.51. The number of benzene rings is 3. The number of methoxy groups -OCH3 is 1. The third-order valence-electron chi connectivity index (χ3n) is 6.18. The van der Waals surface area contributed by atoms with Crippen LogP contribution in [0.25, 0.3) is 0 Å². The van der Waals surface area contributed by atoms with E-state index in [1.54, 1.807) is 41.2 Å². The predicted octanol–water partition coefficient (Wildman–Crippen LogP) is 5.64. The minimum absolute atomic E-state index is 0.125. The van der Waals surface area contributed by atoms with Gasteiger partial charge in [0.1, 0.15) is 5.75 Å². The lowest BCUT2D eigenvalue weighted by atomic mass is 10.1. The summed E-state index contributed by atoms with van der Waals surface area (Å²) in [5.74, 6) is 1.16. The van der Waals surface area contributed by atoms with Crippen molar-refractivity contribution in [3.05, 3.63) is 88.4 Å². The van der Waals surface area contributed by atoms with Crippen molar-refractivity contribution in [2.45, 2.75) is 18.3 Å². The second kappa shape index (κ2) is 8.89. The molecule has 34 heavy (non-hydrogen) atoms. The first kappa shape index (κ1) is 22.6. The molecule has 1 saturated heterocycles. The summed E-state index contributed by atoms with van der Waals surface area (Å²) in [6.07, 6.45) is 0. The molecule has 0 radical (unpaired) electrons. The fraction of sp³-hybridized carbons (Fsp3) is 0.231. The van der Waals surface area contributed by atoms with E-state index in [1.165, 1.54) is 11.8 Å². The second-order valence-electron chi connectivity index (χ2n) is 8.34. The van der Waals surface area contributed by atoms with Gasteiger partial charge in [0.05, 0.1) is 19.3 Å². The summed E-state index contributed by atoms with van der Waals surface area (Å²) in [6.45, 7) is 2.90. The quantitative estimate of drug-likeness (QED) is 0.511. The molecule has 5 rings (SSSR count). The fourth-order valence-corrected chi connectivity index (χ4v) is 6.15. The molecule has 3 aromatic carbocycles. The van der Waals surface area contributed by atoms with Gasteiger partial charge in [-0.2, -0.15) is 0 Å². The number of nitrogens with zero attached hydrogens (tertiary/aromatic N) is 2. The van der Waals surface area contributed by atoms with E-state index < -0.39 is 4.87 Å². The molecule has 2 aliphatic rings. The van der Waals surface area contributed by atoms with Crippen LogP contribution in [0, 0.1) is 6.92 Å². The third-order valence-corrected chi connectivity index (χ3v) is 7.84. The maximum absolute atomic E-state index is 14.1. The van der Waals surface area contributed by atoms with Gasteiger partial charge in [-0.25, -0.2) is 4.79 Å². The van der Waals surface area contributed by atoms with Crippen LogP contribution in [0.1, 0.15) is 16.7 Å². The summed E-state index contributed by atoms with van der Waals surface area (Å²) in [5, 5.41) is 3.44. The topological polar surface area (TPSA) is 61.9 Å². The number of aryl methyl sites for hydroxylation is 1. The number of ether oxygens (including phenoxy) is 1. The summed E-state index contributed by atoms with van der Waals surface area (Å²) in [5.41, 5.74) is 4.33. The van der Waals surface area contributed by atoms with E-state index in [4.69, 9.17) is 16.3 Å². The Balaban J connectivity index is 1.54. The zero-order valence-corrected chi connectivity index (χ0v) is 20.4. The highest BCUT2D eigenvalue weighted by atomic mass is 35.5. The highest BCUT2D eigenvalue weighted by Gasteiger charge is 2.59. The Morgan fingerprint density at radius 2 is 1.94 bits per heavy atom. The monoisotopic (exact) mass is 493 g/mol. The van der Waals surface area contributed by atoms with Crippen molar-refractivity contribution in [1.29, 1.82) is 0 Å². The predicted molar refractivity (Wildman–Crippen MR) is 137 cm³/mol. The summed E-state index contributed by atoms with van der Waals surface area (Å²) in [4.78, 5) is 29.8. The van der Waals surface area contributed by atoms with E-state index >= 15 is 0 Å². The molecular weight excluding hydrogens is 470 g/mol. The minimum atomic E-state index is -1.16. The number of halogens is 1. The third kappa shape index (κ3) is 3.79. The van der Waals surface area contributed by atoms with Gasteiger partial charge >= 0.3 is 6.03 Å². The molecule has 3 amide bonds. The van der Waals surface area contributed by atoms with Crippen molar-refractivity contribution in [2.24, 2.45) is 0 Å². The van der Waals surface area contributed by atoms with E-state index in [-0.39, 0.29) is 11.9 Å². The molecule has 0 aliphatic carbocycles. The molecule has 2 aliphatic heterocycles. The van der Waals surface area contributed by atoms with Crippen LogP contribution < -0.4 is 15.0 Å². The van der Waals surface area contributed by atoms with Crippen LogP contribution in [-0.4, -0.2) is 36.2 Å². The summed E-state index contributed by atoms with van der Waals surface area (Å²) in [7, 11) is 1.60. The van der Waals surface area contributed by atoms with Crippen molar-refractivity contribution in [3.8, 4) is 5.75 Å². The first-order chi connectivity index (χ1) is 16.4. The van der Waals surface area contributed by atoms with Crippen LogP contribution in [0.4, 0.5) is 16.2 Å². The standard InChI is InChI=1S/C26H24ClN3O3S/c1-17-6-8-18(9-7-17)16-29-23-11-10-21(33-2)15-22(23)26(24(29)31)30(12-13-34-26)25(32)28-20-5-3-4-19(27)14-20/h3-11,14-15H,12-13,16H2,1-2H3,(H,28,32)/t26-/m0/s1. The van der Waals surface area contributed by atoms with Crippen molar-refractivity contribution < 1.29 is 14.3 Å². The molecule has 0 unspecified atom stereocenters. The number of thioether (sulfide) groups is 1. The Bertz CT molecular complexity index is 1270. The van der Waals surface area contributed by atoms with Crippen LogP contribution in [0.5, 0.6) is 5.75 Å². The smallest absolute Gasteiger partial charge is 0.323 e. The summed E-state index contributed by atoms with van der Waals surface area (Å²) >= 11 is 7.58. The molecule has 8 heteroatoms. The Kier molecular flexibility index (Phi) is 5.91. The van der Waals surface area contributed by atoms with Crippen LogP contribution in [-0.2, 0) is 16.2 Å². The Hall–Kier alpha value is -3.16. The summed E-state index contributed by atoms with van der Waals surface area (Å²) in [6, 6.07) is 20.4. The summed E-state index contributed by atoms with van der Waals surface area (Å²) < 4.78 is 5.48. The zero-order valence-electron chi connectivity index (χ0n) is 18.9. The molecule has 0 bridgehead atoms. The molecule has 0 saturated carbocycles. The number of amides is 3. The van der Waals surface area contributed by atoms with Gasteiger partial charge in [0, 0.05) is 28.6 Å². The zero-order chi connectivity index (χ0) is 23.9. The number of hydrogen-bond donors (Lipinski definition) is 1. The van der Waals surface area contributed by atoms with Crippen LogP contribution >= 0.6 is 23.4 Å². The van der Waals surface area contributed by atoms with Gasteiger partial charge < -0.3 is 15.0 Å². The van der Waals surface area contributed by atoms with Gasteiger partial charge in [-0.1, -0.05) is 47.5 Å². The van der Waals surface area contributed by atoms with Crippen LogP contribution in [0.3, 0.4) is 0 Å². The van der Waals surface area contributed by atoms with Gasteiger partial charge in [-0.15, -0.1) is 11.8 Å². The highest BCUT2D eigenvalue weighted by Crippen LogP contribution is 2.55. The maximum atomic E-state index is 14.1. The molecule has 1 spiro atoms. The van der Waals surface area contributed by atoms with Crippen molar-refractivity contribution >= 4 is 46.7 Å². The second-order valence-corrected chi connectivity index (χ2v) is 10.1. The lowest BCUT2D eigenvalue weighted by Gasteiger charge is -2.33. The molecule has 0 aromatic heterocycles. The molecule has 1 fully saturated rings. The number of fused-ring (bicyclic) bond motifs is 2. The van der Waals surface area contributed by atoms with Crippen molar-refractivity contribution in [2.75, 3.05) is 29.6 Å². The number of carbonyl (C=O) groups excluding carboxylic acids is 2. The molecule has 1 N–H and O–H groups in total. The van der Waals surface area contributed by atoms with Gasteiger partial charge in [-0.05, 0) is 48.9 Å². The number of hydrogen-bond acceptors (Lipinski definition) is 4. The average molecular weight is 494 g/mol. The molecule has 2 heterocycles. The highest BCUT2D eigenvalue weighted by molar-refractivity contribution is 8.01. The Morgan fingerprint density at radius 3 is 2.68 bits per heavy atom. The molecule has 1 atom stereocenters. The number of carbonyl (C=O) groups is 2. The normalized spacial score (nSPS) is 19.0. The fourth-order valence-electron chi connectivity index (χ4n) is 4.51. The first-order valence-electron chi connectivity index (χ1n) is 11.0. The van der Waals surface area contributed by atoms with Gasteiger partial charge in [0.25, 0.3) is 5.91 Å². The van der Waals surface area contributed by atoms with Gasteiger partial charge in [-0.3, -0.25) is 9.69 Å². The Morgan fingerprint density at radius 1 is 1.15 bits per heavy atom. The SMILES string of the molecule is COc1ccc2c(c1)[C@]1(SCCN1C(=O)Nc1cccc(Cl)c1)C(=O)N2Cc1ccc(C)cc1. The maximum Gasteiger partial charge on any atom is 0.323 e. The average Bonchev–Trinajstić information content (AvgIpc) is 3.37. The van der Waals surface area contributed by atoms with E-state index in [9.17, 15) is 9.59 Å². The molecule has 3 aromatic rings. The van der Waals surface area contributed by atoms with Crippen LogP contribution in [0.15, 0.2) is 66.7 Å². The lowest BCUT2D eigenvalue weighted by molar-refractivity contribution is -0.123.